The van der Waals surface area contributed by atoms with Crippen molar-refractivity contribution >= 4 is 16.8 Å². The highest BCUT2D eigenvalue weighted by atomic mass is 19.1. The lowest BCUT2D eigenvalue weighted by molar-refractivity contribution is 0.0946. The Morgan fingerprint density at radius 2 is 1.96 bits per heavy atom. The number of aromatic amines is 1. The van der Waals surface area contributed by atoms with E-state index in [1.807, 2.05) is 0 Å². The van der Waals surface area contributed by atoms with Crippen LogP contribution in [0.4, 0.5) is 8.78 Å². The molecular formula is C18H16F2N2O3. The first-order valence-electron chi connectivity index (χ1n) is 7.49. The molecule has 1 amide bonds. The topological polar surface area (TPSA) is 63.3 Å². The average Bonchev–Trinajstić information content (AvgIpc) is 3.03. The molecule has 0 radical (unpaired) electrons. The summed E-state index contributed by atoms with van der Waals surface area (Å²) in [6.07, 6.45) is 0. The molecule has 5 nitrogen and oxygen atoms in total. The summed E-state index contributed by atoms with van der Waals surface area (Å²) in [6.45, 7) is 0.186. The summed E-state index contributed by atoms with van der Waals surface area (Å²) in [5.41, 5.74) is 1.09. The van der Waals surface area contributed by atoms with Crippen molar-refractivity contribution in [2.75, 3.05) is 14.2 Å². The number of rotatable bonds is 5. The largest absolute Gasteiger partial charge is 0.493 e. The number of methoxy groups -OCH3 is 2. The monoisotopic (exact) mass is 346 g/mol. The van der Waals surface area contributed by atoms with E-state index >= 15 is 0 Å². The van der Waals surface area contributed by atoms with Crippen molar-refractivity contribution in [2.24, 2.45) is 0 Å². The molecule has 0 saturated carbocycles. The fourth-order valence-electron chi connectivity index (χ4n) is 2.65. The van der Waals surface area contributed by atoms with E-state index in [1.165, 1.54) is 20.3 Å². The fraction of sp³-hybridized carbons (Fsp3) is 0.167. The second-order valence-electron chi connectivity index (χ2n) is 5.37. The number of fused-ring (bicyclic) bond motifs is 1. The molecule has 0 aliphatic rings. The first-order valence-corrected chi connectivity index (χ1v) is 7.49. The highest BCUT2D eigenvalue weighted by Crippen LogP contribution is 2.30. The van der Waals surface area contributed by atoms with Crippen molar-refractivity contribution in [2.45, 2.75) is 6.54 Å². The normalized spacial score (nSPS) is 10.7. The first-order chi connectivity index (χ1) is 12.0. The smallest absolute Gasteiger partial charge is 0.268 e. The van der Waals surface area contributed by atoms with Gasteiger partial charge in [0.15, 0.2) is 11.5 Å². The fourth-order valence-corrected chi connectivity index (χ4v) is 2.65. The van der Waals surface area contributed by atoms with Crippen molar-refractivity contribution in [3.05, 3.63) is 59.3 Å². The van der Waals surface area contributed by atoms with E-state index < -0.39 is 17.5 Å². The Kier molecular flexibility index (Phi) is 4.56. The van der Waals surface area contributed by atoms with Crippen LogP contribution in [0.3, 0.4) is 0 Å². The molecule has 0 aliphatic carbocycles. The number of hydrogen-bond acceptors (Lipinski definition) is 3. The maximum atomic E-state index is 13.7. The summed E-state index contributed by atoms with van der Waals surface area (Å²) in [4.78, 5) is 15.0. The Morgan fingerprint density at radius 1 is 1.16 bits per heavy atom. The SMILES string of the molecule is COc1cccc(CNC(=O)c2cc3c(F)cc(F)cc3[nH]2)c1OC. The lowest BCUT2D eigenvalue weighted by Crippen LogP contribution is -2.23. The third-order valence-corrected chi connectivity index (χ3v) is 3.82. The van der Waals surface area contributed by atoms with E-state index in [2.05, 4.69) is 10.3 Å². The van der Waals surface area contributed by atoms with E-state index in [-0.39, 0.29) is 23.1 Å². The van der Waals surface area contributed by atoms with E-state index in [1.54, 1.807) is 18.2 Å². The van der Waals surface area contributed by atoms with E-state index in [0.717, 1.165) is 17.7 Å². The zero-order valence-electron chi connectivity index (χ0n) is 13.7. The van der Waals surface area contributed by atoms with Crippen LogP contribution in [0.5, 0.6) is 11.5 Å². The molecule has 0 unspecified atom stereocenters. The molecule has 2 N–H and O–H groups in total. The lowest BCUT2D eigenvalue weighted by atomic mass is 10.2. The number of H-pyrrole nitrogens is 1. The number of carbonyl (C=O) groups excluding carboxylic acids is 1. The van der Waals surface area contributed by atoms with Gasteiger partial charge in [-0.05, 0) is 18.2 Å². The van der Waals surface area contributed by atoms with Crippen LogP contribution in [-0.4, -0.2) is 25.1 Å². The molecule has 25 heavy (non-hydrogen) atoms. The minimum atomic E-state index is -0.722. The maximum absolute atomic E-state index is 13.7. The number of aromatic nitrogens is 1. The zero-order chi connectivity index (χ0) is 18.0. The van der Waals surface area contributed by atoms with E-state index in [4.69, 9.17) is 9.47 Å². The molecular weight excluding hydrogens is 330 g/mol. The van der Waals surface area contributed by atoms with Gasteiger partial charge in [0.25, 0.3) is 5.91 Å². The molecule has 0 aliphatic heterocycles. The molecule has 130 valence electrons. The van der Waals surface area contributed by atoms with E-state index in [9.17, 15) is 13.6 Å². The van der Waals surface area contributed by atoms with Crippen LogP contribution in [-0.2, 0) is 6.54 Å². The van der Waals surface area contributed by atoms with E-state index in [0.29, 0.717) is 11.5 Å². The first kappa shape index (κ1) is 16.8. The van der Waals surface area contributed by atoms with Gasteiger partial charge in [0, 0.05) is 23.6 Å². The van der Waals surface area contributed by atoms with Gasteiger partial charge in [0.2, 0.25) is 0 Å². The molecule has 3 aromatic rings. The summed E-state index contributed by atoms with van der Waals surface area (Å²) in [5.74, 6) is -0.798. The second kappa shape index (κ2) is 6.80. The van der Waals surface area contributed by atoms with Crippen LogP contribution in [0.25, 0.3) is 10.9 Å². The van der Waals surface area contributed by atoms with Crippen LogP contribution in [0, 0.1) is 11.6 Å². The Balaban J connectivity index is 1.81. The summed E-state index contributed by atoms with van der Waals surface area (Å²) >= 11 is 0. The van der Waals surface area contributed by atoms with Gasteiger partial charge < -0.3 is 19.8 Å². The van der Waals surface area contributed by atoms with Gasteiger partial charge in [-0.3, -0.25) is 4.79 Å². The zero-order valence-corrected chi connectivity index (χ0v) is 13.7. The minimum Gasteiger partial charge on any atom is -0.493 e. The number of benzene rings is 2. The highest BCUT2D eigenvalue weighted by Gasteiger charge is 2.15. The van der Waals surface area contributed by atoms with Crippen LogP contribution in [0.2, 0.25) is 0 Å². The van der Waals surface area contributed by atoms with Gasteiger partial charge >= 0.3 is 0 Å². The highest BCUT2D eigenvalue weighted by molar-refractivity contribution is 5.98. The second-order valence-corrected chi connectivity index (χ2v) is 5.37. The number of carbonyl (C=O) groups is 1. The van der Waals surface area contributed by atoms with Crippen molar-refractivity contribution in [3.8, 4) is 11.5 Å². The molecule has 0 bridgehead atoms. The molecule has 0 saturated heterocycles. The third-order valence-electron chi connectivity index (χ3n) is 3.82. The average molecular weight is 346 g/mol. The Labute approximate surface area is 142 Å². The van der Waals surface area contributed by atoms with Gasteiger partial charge in [0.1, 0.15) is 17.3 Å². The molecule has 1 aromatic heterocycles. The molecule has 1 heterocycles. The van der Waals surface area contributed by atoms with Gasteiger partial charge in [0.05, 0.1) is 19.7 Å². The van der Waals surface area contributed by atoms with Crippen LogP contribution in [0.15, 0.2) is 36.4 Å². The summed E-state index contributed by atoms with van der Waals surface area (Å²) < 4.78 is 37.5. The van der Waals surface area contributed by atoms with Crippen molar-refractivity contribution in [3.63, 3.8) is 0 Å². The summed E-state index contributed by atoms with van der Waals surface area (Å²) in [5, 5.41) is 2.87. The van der Waals surface area contributed by atoms with Gasteiger partial charge in [-0.1, -0.05) is 12.1 Å². The van der Waals surface area contributed by atoms with Gasteiger partial charge in [-0.25, -0.2) is 8.78 Å². The molecule has 3 rings (SSSR count). The molecule has 0 fully saturated rings. The van der Waals surface area contributed by atoms with Gasteiger partial charge in [-0.2, -0.15) is 0 Å². The standard InChI is InChI=1S/C18H16F2N2O3/c1-24-16-5-3-4-10(17(16)25-2)9-21-18(23)15-8-12-13(20)6-11(19)7-14(12)22-15/h3-8,22H,9H2,1-2H3,(H,21,23). The summed E-state index contributed by atoms with van der Waals surface area (Å²) in [6, 6.07) is 8.59. The molecule has 0 spiro atoms. The van der Waals surface area contributed by atoms with Crippen molar-refractivity contribution in [1.82, 2.24) is 10.3 Å². The number of amides is 1. The number of ether oxygens (including phenoxy) is 2. The van der Waals surface area contributed by atoms with Crippen LogP contribution in [0.1, 0.15) is 16.1 Å². The van der Waals surface area contributed by atoms with Crippen LogP contribution < -0.4 is 14.8 Å². The number of para-hydroxylation sites is 1. The molecule has 7 heteroatoms. The molecule has 2 aromatic carbocycles. The summed E-state index contributed by atoms with van der Waals surface area (Å²) in [7, 11) is 3.04. The van der Waals surface area contributed by atoms with Gasteiger partial charge in [-0.15, -0.1) is 0 Å². The van der Waals surface area contributed by atoms with Crippen molar-refractivity contribution in [1.29, 1.82) is 0 Å². The predicted octanol–water partition coefficient (Wildman–Crippen LogP) is 3.39. The Hall–Kier alpha value is -3.09. The lowest BCUT2D eigenvalue weighted by Gasteiger charge is -2.12. The Morgan fingerprint density at radius 3 is 2.68 bits per heavy atom. The van der Waals surface area contributed by atoms with Crippen molar-refractivity contribution < 1.29 is 23.0 Å². The quantitative estimate of drug-likeness (QED) is 0.744. The number of nitrogens with one attached hydrogen (secondary N) is 2. The Bertz CT molecular complexity index is 937. The number of hydrogen-bond donors (Lipinski definition) is 2. The van der Waals surface area contributed by atoms with Crippen LogP contribution >= 0.6 is 0 Å². The predicted molar refractivity (Wildman–Crippen MR) is 88.9 cm³/mol. The third kappa shape index (κ3) is 3.26. The number of halogens is 2. The maximum Gasteiger partial charge on any atom is 0.268 e. The minimum absolute atomic E-state index is 0.140. The molecule has 0 atom stereocenters.